The molecule has 3 aromatic rings. The number of hydrogen-bond donors (Lipinski definition) is 2. The molecule has 2 N–H and O–H groups in total. The highest BCUT2D eigenvalue weighted by Gasteiger charge is 2.33. The van der Waals surface area contributed by atoms with E-state index in [0.29, 0.717) is 29.4 Å². The molecule has 6 heteroatoms. The Balaban J connectivity index is 1.78. The summed E-state index contributed by atoms with van der Waals surface area (Å²) in [6.07, 6.45) is 4.22. The van der Waals surface area contributed by atoms with Gasteiger partial charge in [-0.25, -0.2) is 4.39 Å². The van der Waals surface area contributed by atoms with E-state index in [0.717, 1.165) is 52.2 Å². The fourth-order valence-electron chi connectivity index (χ4n) is 5.63. The molecule has 2 aliphatic heterocycles. The Hall–Kier alpha value is -3.77. The lowest BCUT2D eigenvalue weighted by atomic mass is 9.82. The van der Waals surface area contributed by atoms with Gasteiger partial charge in [-0.1, -0.05) is 32.1 Å². The van der Waals surface area contributed by atoms with Gasteiger partial charge in [0, 0.05) is 28.9 Å². The van der Waals surface area contributed by atoms with Crippen LogP contribution in [0, 0.1) is 5.82 Å². The van der Waals surface area contributed by atoms with Crippen LogP contribution in [0.25, 0.3) is 28.5 Å². The molecule has 5 rings (SSSR count). The van der Waals surface area contributed by atoms with E-state index in [1.807, 2.05) is 12.1 Å². The summed E-state index contributed by atoms with van der Waals surface area (Å²) in [5.41, 5.74) is 7.30. The van der Waals surface area contributed by atoms with Gasteiger partial charge in [0.2, 0.25) is 0 Å². The Labute approximate surface area is 224 Å². The molecule has 0 fully saturated rings. The van der Waals surface area contributed by atoms with E-state index >= 15 is 0 Å². The maximum absolute atomic E-state index is 14.4. The molecule has 0 saturated heterocycles. The Bertz CT molecular complexity index is 1470. The molecule has 0 amide bonds. The van der Waals surface area contributed by atoms with Crippen molar-refractivity contribution in [2.24, 2.45) is 0 Å². The molecular weight excluding hydrogens is 479 g/mol. The third kappa shape index (κ3) is 4.54. The van der Waals surface area contributed by atoms with Gasteiger partial charge in [0.05, 0.1) is 18.2 Å². The number of hydrogen-bond acceptors (Lipinski definition) is 5. The SMILES string of the molecule is CCN(CC)Cc1cc(F)ccc1/C=C1\Oc2ccc(O)c(OC)c2-c2ccc3c(c21)C(C)=CC(C)(C)N3. The minimum Gasteiger partial charge on any atom is -0.504 e. The van der Waals surface area contributed by atoms with E-state index in [4.69, 9.17) is 9.47 Å². The van der Waals surface area contributed by atoms with Gasteiger partial charge in [-0.05, 0) is 87.0 Å². The second-order valence-corrected chi connectivity index (χ2v) is 10.5. The molecule has 0 bridgehead atoms. The van der Waals surface area contributed by atoms with Crippen LogP contribution in [0.3, 0.4) is 0 Å². The molecule has 198 valence electrons. The number of phenolic OH excluding ortho intramolecular Hbond substituents is 1. The second kappa shape index (κ2) is 9.84. The normalized spacial score (nSPS) is 16.2. The lowest BCUT2D eigenvalue weighted by molar-refractivity contribution is 0.295. The summed E-state index contributed by atoms with van der Waals surface area (Å²) in [6, 6.07) is 12.4. The standard InChI is InChI=1S/C32H35FN2O3/c1-7-35(8-2)18-21-15-22(33)10-9-20(21)16-27-29-23(30-26(38-27)14-13-25(36)31(30)37-6)11-12-24-28(29)19(3)17-32(4,5)34-24/h9-17,34,36H,7-8,18H2,1-6H3/b27-16-. The molecule has 38 heavy (non-hydrogen) atoms. The fourth-order valence-corrected chi connectivity index (χ4v) is 5.63. The number of aromatic hydroxyl groups is 1. The van der Waals surface area contributed by atoms with Crippen LogP contribution in [0.5, 0.6) is 17.2 Å². The second-order valence-electron chi connectivity index (χ2n) is 10.5. The maximum atomic E-state index is 14.4. The fraction of sp³-hybridized carbons (Fsp3) is 0.312. The van der Waals surface area contributed by atoms with Crippen LogP contribution < -0.4 is 14.8 Å². The zero-order valence-corrected chi connectivity index (χ0v) is 22.9. The minimum atomic E-state index is -0.257. The Morgan fingerprint density at radius 3 is 2.53 bits per heavy atom. The van der Waals surface area contributed by atoms with Crippen LogP contribution in [-0.2, 0) is 6.54 Å². The maximum Gasteiger partial charge on any atom is 0.172 e. The van der Waals surface area contributed by atoms with E-state index in [1.54, 1.807) is 25.3 Å². The first-order chi connectivity index (χ1) is 18.2. The highest BCUT2D eigenvalue weighted by molar-refractivity contribution is 6.02. The van der Waals surface area contributed by atoms with Crippen molar-refractivity contribution in [2.45, 2.75) is 46.7 Å². The van der Waals surface area contributed by atoms with Gasteiger partial charge in [-0.3, -0.25) is 4.90 Å². The molecule has 0 aromatic heterocycles. The predicted molar refractivity (Wildman–Crippen MR) is 153 cm³/mol. The molecule has 5 nitrogen and oxygen atoms in total. The largest absolute Gasteiger partial charge is 0.504 e. The topological polar surface area (TPSA) is 54.0 Å². The first kappa shape index (κ1) is 25.9. The number of nitrogens with one attached hydrogen (secondary N) is 1. The van der Waals surface area contributed by atoms with E-state index in [-0.39, 0.29) is 17.1 Å². The zero-order valence-electron chi connectivity index (χ0n) is 22.9. The molecule has 0 radical (unpaired) electrons. The van der Waals surface area contributed by atoms with E-state index in [2.05, 4.69) is 63.0 Å². The van der Waals surface area contributed by atoms with Crippen molar-refractivity contribution in [2.75, 3.05) is 25.5 Å². The van der Waals surface area contributed by atoms with E-state index in [9.17, 15) is 9.50 Å². The molecule has 0 atom stereocenters. The van der Waals surface area contributed by atoms with Crippen LogP contribution in [-0.4, -0.2) is 35.7 Å². The summed E-state index contributed by atoms with van der Waals surface area (Å²) in [7, 11) is 1.55. The number of phenols is 1. The number of allylic oxidation sites excluding steroid dienone is 1. The zero-order chi connectivity index (χ0) is 27.2. The molecule has 0 aliphatic carbocycles. The summed E-state index contributed by atoms with van der Waals surface area (Å²) < 4.78 is 26.6. The first-order valence-corrected chi connectivity index (χ1v) is 13.1. The Morgan fingerprint density at radius 1 is 1.05 bits per heavy atom. The van der Waals surface area contributed by atoms with Crippen LogP contribution in [0.1, 0.15) is 56.9 Å². The molecule has 2 aliphatic rings. The lowest BCUT2D eigenvalue weighted by Gasteiger charge is -2.35. The molecular formula is C32H35FN2O3. The van der Waals surface area contributed by atoms with Crippen molar-refractivity contribution in [1.82, 2.24) is 4.90 Å². The Morgan fingerprint density at radius 2 is 1.82 bits per heavy atom. The van der Waals surface area contributed by atoms with Crippen molar-refractivity contribution in [3.05, 3.63) is 76.6 Å². The quantitative estimate of drug-likeness (QED) is 0.356. The molecule has 0 saturated carbocycles. The first-order valence-electron chi connectivity index (χ1n) is 13.1. The summed E-state index contributed by atoms with van der Waals surface area (Å²) in [4.78, 5) is 2.26. The number of rotatable bonds is 6. The number of methoxy groups -OCH3 is 1. The summed E-state index contributed by atoms with van der Waals surface area (Å²) >= 11 is 0. The van der Waals surface area contributed by atoms with Crippen molar-refractivity contribution in [3.8, 4) is 28.4 Å². The average Bonchev–Trinajstić information content (AvgIpc) is 2.87. The van der Waals surface area contributed by atoms with E-state index in [1.165, 1.54) is 6.07 Å². The van der Waals surface area contributed by atoms with Crippen LogP contribution in [0.4, 0.5) is 10.1 Å². The number of benzene rings is 3. The van der Waals surface area contributed by atoms with Crippen LogP contribution >= 0.6 is 0 Å². The number of ether oxygens (including phenoxy) is 2. The predicted octanol–water partition coefficient (Wildman–Crippen LogP) is 7.55. The molecule has 2 heterocycles. The van der Waals surface area contributed by atoms with Gasteiger partial charge in [0.1, 0.15) is 17.3 Å². The summed E-state index contributed by atoms with van der Waals surface area (Å²) in [5, 5.41) is 14.2. The van der Waals surface area contributed by atoms with Gasteiger partial charge < -0.3 is 19.9 Å². The number of fused-ring (bicyclic) bond motifs is 5. The third-order valence-electron chi connectivity index (χ3n) is 7.35. The Kier molecular flexibility index (Phi) is 6.70. The molecule has 3 aromatic carbocycles. The van der Waals surface area contributed by atoms with Gasteiger partial charge >= 0.3 is 0 Å². The smallest absolute Gasteiger partial charge is 0.172 e. The highest BCUT2D eigenvalue weighted by atomic mass is 19.1. The summed E-state index contributed by atoms with van der Waals surface area (Å²) in [5.74, 6) is 1.43. The van der Waals surface area contributed by atoms with Crippen LogP contribution in [0.2, 0.25) is 0 Å². The number of nitrogens with zero attached hydrogens (tertiary/aromatic N) is 1. The van der Waals surface area contributed by atoms with Crippen molar-refractivity contribution in [3.63, 3.8) is 0 Å². The minimum absolute atomic E-state index is 0.0533. The monoisotopic (exact) mass is 514 g/mol. The van der Waals surface area contributed by atoms with Crippen molar-refractivity contribution >= 4 is 23.1 Å². The number of anilines is 1. The average molecular weight is 515 g/mol. The van der Waals surface area contributed by atoms with Gasteiger partial charge in [-0.2, -0.15) is 0 Å². The van der Waals surface area contributed by atoms with Gasteiger partial charge in [0.25, 0.3) is 0 Å². The number of halogens is 1. The van der Waals surface area contributed by atoms with Gasteiger partial charge in [-0.15, -0.1) is 0 Å². The molecule has 0 unspecified atom stereocenters. The van der Waals surface area contributed by atoms with Crippen molar-refractivity contribution < 1.29 is 19.0 Å². The van der Waals surface area contributed by atoms with Crippen LogP contribution in [0.15, 0.2) is 48.5 Å². The summed E-state index contributed by atoms with van der Waals surface area (Å²) in [6.45, 7) is 13.0. The van der Waals surface area contributed by atoms with E-state index < -0.39 is 0 Å². The third-order valence-corrected chi connectivity index (χ3v) is 7.35. The molecule has 0 spiro atoms. The highest BCUT2D eigenvalue weighted by Crippen LogP contribution is 2.54. The van der Waals surface area contributed by atoms with Gasteiger partial charge in [0.15, 0.2) is 11.5 Å². The van der Waals surface area contributed by atoms with Crippen molar-refractivity contribution in [1.29, 1.82) is 0 Å². The lowest BCUT2D eigenvalue weighted by Crippen LogP contribution is -2.32.